The maximum atomic E-state index is 12.1. The van der Waals surface area contributed by atoms with Crippen LogP contribution in [0.25, 0.3) is 11.3 Å². The zero-order valence-electron chi connectivity index (χ0n) is 13.7. The number of aromatic amines is 1. The van der Waals surface area contributed by atoms with E-state index in [-0.39, 0.29) is 18.2 Å². The summed E-state index contributed by atoms with van der Waals surface area (Å²) >= 11 is 0. The van der Waals surface area contributed by atoms with Crippen LogP contribution in [0.5, 0.6) is 5.75 Å². The van der Waals surface area contributed by atoms with Gasteiger partial charge in [0.15, 0.2) is 0 Å². The predicted molar refractivity (Wildman–Crippen MR) is 91.9 cm³/mol. The quantitative estimate of drug-likeness (QED) is 0.704. The highest BCUT2D eigenvalue weighted by Gasteiger charge is 2.13. The van der Waals surface area contributed by atoms with Crippen LogP contribution in [0.2, 0.25) is 0 Å². The first-order valence-electron chi connectivity index (χ1n) is 7.64. The summed E-state index contributed by atoms with van der Waals surface area (Å²) in [6, 6.07) is 9.10. The van der Waals surface area contributed by atoms with Gasteiger partial charge in [-0.2, -0.15) is 5.10 Å². The lowest BCUT2D eigenvalue weighted by atomic mass is 10.1. The summed E-state index contributed by atoms with van der Waals surface area (Å²) in [6.45, 7) is 2.72. The Morgan fingerprint density at radius 3 is 2.79 bits per heavy atom. The van der Waals surface area contributed by atoms with Crippen molar-refractivity contribution in [2.24, 2.45) is 0 Å². The summed E-state index contributed by atoms with van der Waals surface area (Å²) in [6.07, 6.45) is 1.55. The zero-order valence-corrected chi connectivity index (χ0v) is 14.5. The molecule has 0 saturated heterocycles. The molecule has 0 atom stereocenters. The molecule has 0 fully saturated rings. The van der Waals surface area contributed by atoms with E-state index in [0.717, 1.165) is 5.56 Å². The number of ether oxygens (including phenoxy) is 1. The number of nitrogens with zero attached hydrogens (tertiary/aromatic N) is 1. The van der Waals surface area contributed by atoms with Crippen LogP contribution in [0.1, 0.15) is 23.8 Å². The number of rotatable bonds is 8. The fraction of sp³-hybridized carbons (Fsp3) is 0.375. The van der Waals surface area contributed by atoms with Crippen LogP contribution < -0.4 is 10.1 Å². The molecule has 130 valence electrons. The van der Waals surface area contributed by atoms with E-state index in [1.54, 1.807) is 6.07 Å². The summed E-state index contributed by atoms with van der Waals surface area (Å²) in [5.41, 5.74) is 1.72. The fourth-order valence-electron chi connectivity index (χ4n) is 2.17. The van der Waals surface area contributed by atoms with Gasteiger partial charge in [0, 0.05) is 18.4 Å². The third kappa shape index (κ3) is 5.09. The minimum Gasteiger partial charge on any atom is -0.493 e. The number of para-hydroxylation sites is 1. The lowest BCUT2D eigenvalue weighted by Crippen LogP contribution is -2.26. The second-order valence-corrected chi connectivity index (χ2v) is 7.60. The van der Waals surface area contributed by atoms with Crippen molar-refractivity contribution in [3.8, 4) is 17.0 Å². The average molecular weight is 351 g/mol. The normalized spacial score (nSPS) is 11.2. The van der Waals surface area contributed by atoms with E-state index in [1.165, 1.54) is 6.26 Å². The molecule has 0 aliphatic rings. The van der Waals surface area contributed by atoms with E-state index in [4.69, 9.17) is 4.74 Å². The molecule has 8 heteroatoms. The third-order valence-corrected chi connectivity index (χ3v) is 4.29. The Bertz CT molecular complexity index is 799. The molecule has 1 aromatic heterocycles. The minimum absolute atomic E-state index is 0.0449. The van der Waals surface area contributed by atoms with E-state index in [9.17, 15) is 13.2 Å². The van der Waals surface area contributed by atoms with Crippen molar-refractivity contribution in [2.45, 2.75) is 13.3 Å². The van der Waals surface area contributed by atoms with Gasteiger partial charge >= 0.3 is 0 Å². The van der Waals surface area contributed by atoms with Gasteiger partial charge < -0.3 is 10.1 Å². The zero-order chi connectivity index (χ0) is 17.6. The molecule has 0 spiro atoms. The number of carbonyl (C=O) groups is 1. The molecule has 2 rings (SSSR count). The Morgan fingerprint density at radius 2 is 2.08 bits per heavy atom. The maximum absolute atomic E-state index is 12.1. The first-order chi connectivity index (χ1) is 11.4. The Morgan fingerprint density at radius 1 is 1.33 bits per heavy atom. The van der Waals surface area contributed by atoms with Crippen molar-refractivity contribution in [2.75, 3.05) is 25.2 Å². The topological polar surface area (TPSA) is 101 Å². The smallest absolute Gasteiger partial charge is 0.269 e. The number of H-pyrrole nitrogens is 1. The summed E-state index contributed by atoms with van der Waals surface area (Å²) < 4.78 is 27.7. The van der Waals surface area contributed by atoms with E-state index in [1.807, 2.05) is 31.2 Å². The Balaban J connectivity index is 2.01. The molecule has 0 aliphatic carbocycles. The molecule has 2 aromatic rings. The number of nitrogens with one attached hydrogen (secondary N) is 2. The first-order valence-corrected chi connectivity index (χ1v) is 9.70. The SMILES string of the molecule is CCOc1ccccc1-c1cc(C(=O)NCCCS(C)(=O)=O)[nH]n1. The molecule has 1 amide bonds. The summed E-state index contributed by atoms with van der Waals surface area (Å²) in [7, 11) is -3.01. The van der Waals surface area contributed by atoms with Gasteiger partial charge in [-0.15, -0.1) is 0 Å². The molecule has 0 radical (unpaired) electrons. The summed E-state index contributed by atoms with van der Waals surface area (Å²) in [4.78, 5) is 12.1. The summed E-state index contributed by atoms with van der Waals surface area (Å²) in [5, 5.41) is 9.52. The van der Waals surface area contributed by atoms with Gasteiger partial charge in [0.2, 0.25) is 0 Å². The number of carbonyl (C=O) groups excluding carboxylic acids is 1. The van der Waals surface area contributed by atoms with Gasteiger partial charge in [0.1, 0.15) is 21.3 Å². The van der Waals surface area contributed by atoms with E-state index in [2.05, 4.69) is 15.5 Å². The Labute approximate surface area is 141 Å². The largest absolute Gasteiger partial charge is 0.493 e. The molecule has 24 heavy (non-hydrogen) atoms. The highest BCUT2D eigenvalue weighted by atomic mass is 32.2. The molecular weight excluding hydrogens is 330 g/mol. The maximum Gasteiger partial charge on any atom is 0.269 e. The lowest BCUT2D eigenvalue weighted by molar-refractivity contribution is 0.0948. The van der Waals surface area contributed by atoms with Gasteiger partial charge in [0.25, 0.3) is 5.91 Å². The van der Waals surface area contributed by atoms with E-state index in [0.29, 0.717) is 30.2 Å². The van der Waals surface area contributed by atoms with Gasteiger partial charge in [-0.1, -0.05) is 12.1 Å². The molecule has 1 aromatic carbocycles. The standard InChI is InChI=1S/C16H21N3O4S/c1-3-23-15-8-5-4-7-12(15)13-11-14(19-18-13)16(20)17-9-6-10-24(2,21)22/h4-5,7-8,11H,3,6,9-10H2,1-2H3,(H,17,20)(H,18,19). The van der Waals surface area contributed by atoms with Crippen LogP contribution >= 0.6 is 0 Å². The number of aromatic nitrogens is 2. The monoisotopic (exact) mass is 351 g/mol. The van der Waals surface area contributed by atoms with Crippen LogP contribution in [0.15, 0.2) is 30.3 Å². The molecule has 1 heterocycles. The first kappa shape index (κ1) is 18.0. The third-order valence-electron chi connectivity index (χ3n) is 3.26. The van der Waals surface area contributed by atoms with Crippen LogP contribution in [-0.2, 0) is 9.84 Å². The van der Waals surface area contributed by atoms with E-state index < -0.39 is 9.84 Å². The predicted octanol–water partition coefficient (Wildman–Crippen LogP) is 1.64. The second kappa shape index (κ2) is 7.96. The fourth-order valence-corrected chi connectivity index (χ4v) is 2.84. The van der Waals surface area contributed by atoms with Crippen LogP contribution in [0.4, 0.5) is 0 Å². The number of hydrogen-bond acceptors (Lipinski definition) is 5. The Hall–Kier alpha value is -2.35. The van der Waals surface area contributed by atoms with Crippen molar-refractivity contribution >= 4 is 15.7 Å². The van der Waals surface area contributed by atoms with Crippen LogP contribution in [0.3, 0.4) is 0 Å². The second-order valence-electron chi connectivity index (χ2n) is 5.34. The highest BCUT2D eigenvalue weighted by molar-refractivity contribution is 7.90. The van der Waals surface area contributed by atoms with Gasteiger partial charge in [-0.05, 0) is 31.5 Å². The van der Waals surface area contributed by atoms with Crippen molar-refractivity contribution < 1.29 is 17.9 Å². The number of benzene rings is 1. The van der Waals surface area contributed by atoms with Gasteiger partial charge in [-0.3, -0.25) is 9.89 Å². The van der Waals surface area contributed by atoms with Crippen LogP contribution in [0, 0.1) is 0 Å². The van der Waals surface area contributed by atoms with Gasteiger partial charge in [-0.25, -0.2) is 8.42 Å². The Kier molecular flexibility index (Phi) is 5.97. The molecule has 7 nitrogen and oxygen atoms in total. The number of sulfone groups is 1. The molecular formula is C16H21N3O4S. The van der Waals surface area contributed by atoms with Crippen molar-refractivity contribution in [1.82, 2.24) is 15.5 Å². The van der Waals surface area contributed by atoms with Crippen molar-refractivity contribution in [3.63, 3.8) is 0 Å². The summed E-state index contributed by atoms with van der Waals surface area (Å²) in [5.74, 6) is 0.422. The minimum atomic E-state index is -3.01. The molecule has 2 N–H and O–H groups in total. The van der Waals surface area contributed by atoms with Crippen LogP contribution in [-0.4, -0.2) is 49.7 Å². The van der Waals surface area contributed by atoms with Gasteiger partial charge in [0.05, 0.1) is 18.1 Å². The van der Waals surface area contributed by atoms with Crippen molar-refractivity contribution in [3.05, 3.63) is 36.0 Å². The average Bonchev–Trinajstić information content (AvgIpc) is 3.01. The molecule has 0 saturated carbocycles. The molecule has 0 bridgehead atoms. The number of hydrogen-bond donors (Lipinski definition) is 2. The lowest BCUT2D eigenvalue weighted by Gasteiger charge is -2.07. The van der Waals surface area contributed by atoms with E-state index >= 15 is 0 Å². The number of amides is 1. The van der Waals surface area contributed by atoms with Crippen molar-refractivity contribution in [1.29, 1.82) is 0 Å². The molecule has 0 aliphatic heterocycles. The highest BCUT2D eigenvalue weighted by Crippen LogP contribution is 2.28. The molecule has 0 unspecified atom stereocenters.